The van der Waals surface area contributed by atoms with E-state index in [0.717, 1.165) is 30.6 Å². The second kappa shape index (κ2) is 16.1. The number of anilines is 1. The molecule has 0 fully saturated rings. The minimum atomic E-state index is -0.653. The summed E-state index contributed by atoms with van der Waals surface area (Å²) in [7, 11) is 5.67. The average Bonchev–Trinajstić information content (AvgIpc) is 2.91. The van der Waals surface area contributed by atoms with Gasteiger partial charge in [0.05, 0.1) is 17.4 Å². The van der Waals surface area contributed by atoms with Crippen LogP contribution < -0.4 is 26.6 Å². The van der Waals surface area contributed by atoms with E-state index in [1.54, 1.807) is 31.3 Å². The van der Waals surface area contributed by atoms with Gasteiger partial charge in [0.25, 0.3) is 5.91 Å². The number of carbonyl (C=O) groups excluding carboxylic acids is 3. The van der Waals surface area contributed by atoms with Gasteiger partial charge in [-0.15, -0.1) is 0 Å². The molecule has 0 unspecified atom stereocenters. The molecule has 2 aromatic carbocycles. The first-order valence-corrected chi connectivity index (χ1v) is 13.1. The summed E-state index contributed by atoms with van der Waals surface area (Å²) in [5.41, 5.74) is 8.45. The summed E-state index contributed by atoms with van der Waals surface area (Å²) in [6, 6.07) is 13.6. The van der Waals surface area contributed by atoms with Gasteiger partial charge in [-0.05, 0) is 81.3 Å². The lowest BCUT2D eigenvalue weighted by atomic mass is 10.1. The molecule has 0 saturated carbocycles. The van der Waals surface area contributed by atoms with Crippen molar-refractivity contribution in [2.45, 2.75) is 57.5 Å². The second-order valence-corrected chi connectivity index (χ2v) is 9.36. The van der Waals surface area contributed by atoms with E-state index < -0.39 is 18.0 Å². The fourth-order valence-corrected chi connectivity index (χ4v) is 3.76. The van der Waals surface area contributed by atoms with Crippen LogP contribution in [0.1, 0.15) is 55.8 Å². The van der Waals surface area contributed by atoms with E-state index in [-0.39, 0.29) is 11.8 Å². The fourth-order valence-electron chi connectivity index (χ4n) is 3.76. The molecule has 206 valence electrons. The molecule has 2 aromatic rings. The fraction of sp³-hybridized carbons (Fsp3) is 0.464. The maximum Gasteiger partial charge on any atom is 0.251 e. The predicted molar refractivity (Wildman–Crippen MR) is 151 cm³/mol. The molecule has 0 aliphatic heterocycles. The van der Waals surface area contributed by atoms with E-state index in [4.69, 9.17) is 5.73 Å². The van der Waals surface area contributed by atoms with Crippen molar-refractivity contribution >= 4 is 34.8 Å². The van der Waals surface area contributed by atoms with Crippen molar-refractivity contribution in [1.82, 2.24) is 16.0 Å². The number of rotatable bonds is 16. The molecule has 10 heteroatoms. The topological polar surface area (TPSA) is 141 Å². The van der Waals surface area contributed by atoms with E-state index in [1.807, 2.05) is 50.2 Å². The first-order valence-electron chi connectivity index (χ1n) is 13.1. The van der Waals surface area contributed by atoms with Crippen LogP contribution in [0.25, 0.3) is 0 Å². The largest absolute Gasteiger partial charge is 0.378 e. The van der Waals surface area contributed by atoms with Crippen molar-refractivity contribution in [3.05, 3.63) is 54.1 Å². The molecule has 0 bridgehead atoms. The van der Waals surface area contributed by atoms with Gasteiger partial charge in [0.1, 0.15) is 6.04 Å². The molecule has 2 rings (SSSR count). The minimum absolute atomic E-state index is 0.170. The van der Waals surface area contributed by atoms with Crippen LogP contribution >= 0.6 is 0 Å². The minimum Gasteiger partial charge on any atom is -0.378 e. The van der Waals surface area contributed by atoms with Gasteiger partial charge in [-0.3, -0.25) is 14.4 Å². The number of hydrogen-bond donors (Lipinski definition) is 4. The molecule has 3 amide bonds. The van der Waals surface area contributed by atoms with E-state index in [9.17, 15) is 14.4 Å². The van der Waals surface area contributed by atoms with Crippen LogP contribution in [0.5, 0.6) is 0 Å². The number of carbonyl (C=O) groups is 3. The van der Waals surface area contributed by atoms with Gasteiger partial charge in [0, 0.05) is 31.9 Å². The van der Waals surface area contributed by atoms with Crippen LogP contribution in [0.2, 0.25) is 0 Å². The molecule has 10 nitrogen and oxygen atoms in total. The number of primary amides is 1. The first kappa shape index (κ1) is 30.4. The highest BCUT2D eigenvalue weighted by atomic mass is 16.2. The van der Waals surface area contributed by atoms with Crippen molar-refractivity contribution in [3.63, 3.8) is 0 Å². The van der Waals surface area contributed by atoms with Gasteiger partial charge < -0.3 is 26.6 Å². The molecule has 38 heavy (non-hydrogen) atoms. The van der Waals surface area contributed by atoms with E-state index in [2.05, 4.69) is 26.2 Å². The van der Waals surface area contributed by atoms with Gasteiger partial charge in [0.15, 0.2) is 0 Å². The molecule has 0 heterocycles. The molecular weight excluding hydrogens is 482 g/mol. The lowest BCUT2D eigenvalue weighted by Gasteiger charge is -2.20. The van der Waals surface area contributed by atoms with Crippen LogP contribution in [0.4, 0.5) is 17.1 Å². The van der Waals surface area contributed by atoms with Crippen LogP contribution in [-0.2, 0) is 9.59 Å². The van der Waals surface area contributed by atoms with Gasteiger partial charge >= 0.3 is 0 Å². The number of amides is 3. The van der Waals surface area contributed by atoms with Crippen molar-refractivity contribution in [1.29, 1.82) is 0 Å². The highest BCUT2D eigenvalue weighted by molar-refractivity contribution is 5.94. The summed E-state index contributed by atoms with van der Waals surface area (Å²) < 4.78 is 0. The van der Waals surface area contributed by atoms with Gasteiger partial charge in [-0.25, -0.2) is 0 Å². The molecule has 5 N–H and O–H groups in total. The zero-order valence-electron chi connectivity index (χ0n) is 22.9. The van der Waals surface area contributed by atoms with Gasteiger partial charge in [-0.2, -0.15) is 10.2 Å². The Bertz CT molecular complexity index is 1050. The van der Waals surface area contributed by atoms with Crippen LogP contribution in [-0.4, -0.2) is 57.5 Å². The summed E-state index contributed by atoms with van der Waals surface area (Å²) >= 11 is 0. The monoisotopic (exact) mass is 523 g/mol. The van der Waals surface area contributed by atoms with E-state index in [1.165, 1.54) is 0 Å². The zero-order valence-corrected chi connectivity index (χ0v) is 22.9. The maximum absolute atomic E-state index is 12.5. The Labute approximate surface area is 225 Å². The molecule has 0 aliphatic carbocycles. The summed E-state index contributed by atoms with van der Waals surface area (Å²) in [5, 5.41) is 17.1. The number of nitrogens with zero attached hydrogens (tertiary/aromatic N) is 3. The number of likely N-dealkylation sites (N-methyl/N-ethyl adjacent to an activating group) is 1. The Morgan fingerprint density at radius 3 is 1.97 bits per heavy atom. The third kappa shape index (κ3) is 10.3. The summed E-state index contributed by atoms with van der Waals surface area (Å²) in [6.07, 6.45) is 4.29. The summed E-state index contributed by atoms with van der Waals surface area (Å²) in [5.74, 6) is -0.925. The molecule has 0 saturated heterocycles. The third-order valence-electron chi connectivity index (χ3n) is 6.15. The second-order valence-electron chi connectivity index (χ2n) is 9.36. The number of nitrogens with one attached hydrogen (secondary N) is 3. The van der Waals surface area contributed by atoms with Crippen molar-refractivity contribution < 1.29 is 14.4 Å². The van der Waals surface area contributed by atoms with Crippen LogP contribution in [0.15, 0.2) is 58.8 Å². The van der Waals surface area contributed by atoms with Crippen LogP contribution in [0, 0.1) is 0 Å². The Kier molecular flexibility index (Phi) is 12.9. The SMILES string of the molecule is CCCC[C@H](NC(=O)[C@@H](CCCCNC(=O)c1ccc(/N=N/c2ccc(N(C)C)cc2)cc1)NC)C(N)=O. The molecule has 2 atom stereocenters. The number of nitrogens with two attached hydrogens (primary N) is 1. The normalized spacial score (nSPS) is 12.6. The third-order valence-corrected chi connectivity index (χ3v) is 6.15. The van der Waals surface area contributed by atoms with Crippen molar-refractivity contribution in [3.8, 4) is 0 Å². The molecular formula is C28H41N7O3. The predicted octanol–water partition coefficient (Wildman–Crippen LogP) is 3.82. The Morgan fingerprint density at radius 1 is 0.868 bits per heavy atom. The maximum atomic E-state index is 12.5. The summed E-state index contributed by atoms with van der Waals surface area (Å²) in [4.78, 5) is 38.6. The van der Waals surface area contributed by atoms with E-state index in [0.29, 0.717) is 37.1 Å². The number of hydrogen-bond acceptors (Lipinski definition) is 7. The number of azo groups is 1. The average molecular weight is 524 g/mol. The van der Waals surface area contributed by atoms with Gasteiger partial charge in [-0.1, -0.05) is 19.8 Å². The van der Waals surface area contributed by atoms with Crippen molar-refractivity contribution in [2.24, 2.45) is 16.0 Å². The first-order chi connectivity index (χ1) is 18.2. The van der Waals surface area contributed by atoms with Gasteiger partial charge in [0.2, 0.25) is 11.8 Å². The zero-order chi connectivity index (χ0) is 27.9. The Balaban J connectivity index is 1.74. The smallest absolute Gasteiger partial charge is 0.251 e. The number of unbranched alkanes of at least 4 members (excludes halogenated alkanes) is 2. The molecule has 0 aromatic heterocycles. The quantitative estimate of drug-likeness (QED) is 0.196. The number of benzene rings is 2. The lowest BCUT2D eigenvalue weighted by molar-refractivity contribution is -0.128. The molecule has 0 aliphatic rings. The highest BCUT2D eigenvalue weighted by Gasteiger charge is 2.22. The standard InChI is InChI=1S/C28H41N7O3/c1-5-6-9-24(26(29)36)32-28(38)25(30-2)10-7-8-19-31-27(37)20-11-13-21(14-12-20)33-34-22-15-17-23(18-16-22)35(3)4/h11-18,24-25,30H,5-10,19H2,1-4H3,(H2,29,36)(H,31,37)(H,32,38)/b34-33+/t24-,25+/m0/s1. The Hall–Kier alpha value is -3.79. The van der Waals surface area contributed by atoms with Crippen LogP contribution in [0.3, 0.4) is 0 Å². The molecule has 0 spiro atoms. The lowest BCUT2D eigenvalue weighted by Crippen LogP contribution is -2.51. The Morgan fingerprint density at radius 2 is 1.45 bits per heavy atom. The molecule has 0 radical (unpaired) electrons. The highest BCUT2D eigenvalue weighted by Crippen LogP contribution is 2.21. The van der Waals surface area contributed by atoms with Crippen molar-refractivity contribution in [2.75, 3.05) is 32.6 Å². The summed E-state index contributed by atoms with van der Waals surface area (Å²) in [6.45, 7) is 2.51. The van der Waals surface area contributed by atoms with E-state index >= 15 is 0 Å².